The lowest BCUT2D eigenvalue weighted by atomic mass is 10.1. The van der Waals surface area contributed by atoms with Gasteiger partial charge in [-0.1, -0.05) is 13.8 Å². The molecule has 0 aromatic heterocycles. The fourth-order valence-electron chi connectivity index (χ4n) is 0.940. The molecule has 3 nitrogen and oxygen atoms in total. The monoisotopic (exact) mass is 187 g/mol. The third kappa shape index (κ3) is 9.50. The number of methoxy groups -OCH3 is 1. The first-order chi connectivity index (χ1) is 6.16. The van der Waals surface area contributed by atoms with E-state index in [9.17, 15) is 4.79 Å². The highest BCUT2D eigenvalue weighted by Gasteiger charge is 2.02. The zero-order chi connectivity index (χ0) is 10.1. The molecule has 0 aromatic rings. The van der Waals surface area contributed by atoms with E-state index in [1.54, 1.807) is 7.11 Å². The number of carbonyl (C=O) groups excluding carboxylic acids is 1. The summed E-state index contributed by atoms with van der Waals surface area (Å²) < 4.78 is 4.85. The van der Waals surface area contributed by atoms with E-state index in [-0.39, 0.29) is 0 Å². The Bertz CT molecular complexity index is 135. The van der Waals surface area contributed by atoms with Crippen molar-refractivity contribution in [2.24, 2.45) is 5.92 Å². The summed E-state index contributed by atoms with van der Waals surface area (Å²) in [5.74, 6) is 0.910. The molecule has 0 saturated heterocycles. The van der Waals surface area contributed by atoms with Crippen molar-refractivity contribution in [3.05, 3.63) is 0 Å². The van der Waals surface area contributed by atoms with E-state index in [0.717, 1.165) is 13.0 Å². The average Bonchev–Trinajstić information content (AvgIpc) is 2.09. The normalized spacial score (nSPS) is 10.8. The smallest absolute Gasteiger partial charge is 0.146 e. The number of hydrogen-bond donors (Lipinski definition) is 1. The van der Waals surface area contributed by atoms with Gasteiger partial charge < -0.3 is 10.1 Å². The Morgan fingerprint density at radius 3 is 2.69 bits per heavy atom. The van der Waals surface area contributed by atoms with Gasteiger partial charge in [0.05, 0.1) is 13.2 Å². The molecule has 0 amide bonds. The molecule has 0 saturated carbocycles. The van der Waals surface area contributed by atoms with Gasteiger partial charge in [-0.3, -0.25) is 4.79 Å². The van der Waals surface area contributed by atoms with Crippen LogP contribution in [0.5, 0.6) is 0 Å². The lowest BCUT2D eigenvalue weighted by Crippen LogP contribution is -2.26. The van der Waals surface area contributed by atoms with Crippen LogP contribution in [0.2, 0.25) is 0 Å². The van der Waals surface area contributed by atoms with E-state index in [1.807, 2.05) is 0 Å². The summed E-state index contributed by atoms with van der Waals surface area (Å²) in [5, 5.41) is 3.04. The average molecular weight is 187 g/mol. The Morgan fingerprint density at radius 2 is 2.15 bits per heavy atom. The molecule has 0 spiro atoms. The summed E-state index contributed by atoms with van der Waals surface area (Å²) in [5.41, 5.74) is 0. The number of ketones is 1. The summed E-state index contributed by atoms with van der Waals surface area (Å²) in [4.78, 5) is 11.2. The van der Waals surface area contributed by atoms with Crippen LogP contribution in [-0.4, -0.2) is 32.6 Å². The maximum absolute atomic E-state index is 11.2. The van der Waals surface area contributed by atoms with Crippen molar-refractivity contribution in [3.63, 3.8) is 0 Å². The van der Waals surface area contributed by atoms with Crippen LogP contribution >= 0.6 is 0 Å². The third-order valence-corrected chi connectivity index (χ3v) is 1.81. The maximum Gasteiger partial charge on any atom is 0.146 e. The van der Waals surface area contributed by atoms with Crippen molar-refractivity contribution in [3.8, 4) is 0 Å². The molecule has 13 heavy (non-hydrogen) atoms. The fraction of sp³-hybridized carbons (Fsp3) is 0.900. The van der Waals surface area contributed by atoms with E-state index in [0.29, 0.717) is 31.3 Å². The van der Waals surface area contributed by atoms with Gasteiger partial charge in [0.25, 0.3) is 0 Å². The number of Topliss-reactive ketones (excluding diaryl/α,β-unsaturated/α-hetero) is 1. The summed E-state index contributed by atoms with van der Waals surface area (Å²) in [6, 6.07) is 0. The number of nitrogens with one attached hydrogen (secondary N) is 1. The van der Waals surface area contributed by atoms with Crippen LogP contribution in [0.3, 0.4) is 0 Å². The van der Waals surface area contributed by atoms with Gasteiger partial charge in [0.2, 0.25) is 0 Å². The molecular weight excluding hydrogens is 166 g/mol. The van der Waals surface area contributed by atoms with Gasteiger partial charge >= 0.3 is 0 Å². The predicted molar refractivity (Wildman–Crippen MR) is 53.8 cm³/mol. The van der Waals surface area contributed by atoms with Crippen LogP contribution < -0.4 is 5.32 Å². The summed E-state index contributed by atoms with van der Waals surface area (Å²) in [7, 11) is 1.66. The second-order valence-electron chi connectivity index (χ2n) is 3.64. The highest BCUT2D eigenvalue weighted by molar-refractivity contribution is 5.80. The molecule has 0 unspecified atom stereocenters. The first-order valence-corrected chi connectivity index (χ1v) is 4.88. The van der Waals surface area contributed by atoms with Crippen LogP contribution in [0.25, 0.3) is 0 Å². The van der Waals surface area contributed by atoms with E-state index in [2.05, 4.69) is 19.2 Å². The number of ether oxygens (including phenoxy) is 1. The van der Waals surface area contributed by atoms with Crippen LogP contribution in [0.1, 0.15) is 26.7 Å². The summed E-state index contributed by atoms with van der Waals surface area (Å²) >= 11 is 0. The minimum absolute atomic E-state index is 0.296. The van der Waals surface area contributed by atoms with Crippen molar-refractivity contribution >= 4 is 5.78 Å². The summed E-state index contributed by atoms with van der Waals surface area (Å²) in [6.45, 7) is 6.16. The van der Waals surface area contributed by atoms with E-state index in [4.69, 9.17) is 4.74 Å². The second kappa shape index (κ2) is 8.20. The molecule has 0 radical (unpaired) electrons. The quantitative estimate of drug-likeness (QED) is 0.581. The number of rotatable bonds is 8. The zero-order valence-corrected chi connectivity index (χ0v) is 8.93. The van der Waals surface area contributed by atoms with E-state index >= 15 is 0 Å². The summed E-state index contributed by atoms with van der Waals surface area (Å²) in [6.07, 6.45) is 1.68. The van der Waals surface area contributed by atoms with Gasteiger partial charge in [-0.15, -0.1) is 0 Å². The van der Waals surface area contributed by atoms with Crippen molar-refractivity contribution in [1.29, 1.82) is 0 Å². The van der Waals surface area contributed by atoms with E-state index in [1.165, 1.54) is 0 Å². The highest BCUT2D eigenvalue weighted by Crippen LogP contribution is 2.02. The van der Waals surface area contributed by atoms with Crippen LogP contribution in [0.15, 0.2) is 0 Å². The predicted octanol–water partition coefficient (Wildman–Crippen LogP) is 1.23. The Balaban J connectivity index is 3.20. The molecule has 1 N–H and O–H groups in total. The van der Waals surface area contributed by atoms with Crippen LogP contribution in [0, 0.1) is 5.92 Å². The Hall–Kier alpha value is -0.410. The SMILES string of the molecule is COCCNCC(=O)CCC(C)C. The third-order valence-electron chi connectivity index (χ3n) is 1.81. The van der Waals surface area contributed by atoms with Gasteiger partial charge in [-0.25, -0.2) is 0 Å². The van der Waals surface area contributed by atoms with Crippen molar-refractivity contribution in [2.75, 3.05) is 26.8 Å². The Kier molecular flexibility index (Phi) is 7.94. The highest BCUT2D eigenvalue weighted by atomic mass is 16.5. The topological polar surface area (TPSA) is 38.3 Å². The van der Waals surface area contributed by atoms with Crippen LogP contribution in [-0.2, 0) is 9.53 Å². The molecule has 0 aliphatic carbocycles. The standard InChI is InChI=1S/C10H21NO2/c1-9(2)4-5-10(12)8-11-6-7-13-3/h9,11H,4-8H2,1-3H3. The fourth-order valence-corrected chi connectivity index (χ4v) is 0.940. The van der Waals surface area contributed by atoms with Crippen molar-refractivity contribution < 1.29 is 9.53 Å². The lowest BCUT2D eigenvalue weighted by Gasteiger charge is -2.05. The first-order valence-electron chi connectivity index (χ1n) is 4.88. The molecule has 0 atom stereocenters. The van der Waals surface area contributed by atoms with E-state index < -0.39 is 0 Å². The van der Waals surface area contributed by atoms with Crippen molar-refractivity contribution in [1.82, 2.24) is 5.32 Å². The molecule has 3 heteroatoms. The van der Waals surface area contributed by atoms with Gasteiger partial charge in [0.15, 0.2) is 0 Å². The minimum Gasteiger partial charge on any atom is -0.383 e. The molecule has 0 rings (SSSR count). The van der Waals surface area contributed by atoms with Crippen LogP contribution in [0.4, 0.5) is 0 Å². The number of hydrogen-bond acceptors (Lipinski definition) is 3. The molecule has 78 valence electrons. The first kappa shape index (κ1) is 12.6. The lowest BCUT2D eigenvalue weighted by molar-refractivity contribution is -0.118. The number of carbonyl (C=O) groups is 1. The molecular formula is C10H21NO2. The molecule has 0 aromatic carbocycles. The Labute approximate surface area is 80.8 Å². The van der Waals surface area contributed by atoms with Gasteiger partial charge in [0, 0.05) is 20.1 Å². The molecule has 0 fully saturated rings. The minimum atomic E-state index is 0.296. The molecule has 0 aliphatic rings. The Morgan fingerprint density at radius 1 is 1.46 bits per heavy atom. The van der Waals surface area contributed by atoms with Gasteiger partial charge in [-0.05, 0) is 12.3 Å². The van der Waals surface area contributed by atoms with Crippen molar-refractivity contribution in [2.45, 2.75) is 26.7 Å². The van der Waals surface area contributed by atoms with Gasteiger partial charge in [-0.2, -0.15) is 0 Å². The van der Waals surface area contributed by atoms with Gasteiger partial charge in [0.1, 0.15) is 5.78 Å². The second-order valence-corrected chi connectivity index (χ2v) is 3.64. The zero-order valence-electron chi connectivity index (χ0n) is 8.93. The maximum atomic E-state index is 11.2. The molecule has 0 aliphatic heterocycles. The molecule has 0 heterocycles. The largest absolute Gasteiger partial charge is 0.383 e. The molecule has 0 bridgehead atoms.